The van der Waals surface area contributed by atoms with Gasteiger partial charge in [-0.3, -0.25) is 9.59 Å². The van der Waals surface area contributed by atoms with Crippen molar-refractivity contribution in [3.05, 3.63) is 59.0 Å². The maximum atomic E-state index is 14.7. The summed E-state index contributed by atoms with van der Waals surface area (Å²) in [5.41, 5.74) is -1.04. The van der Waals surface area contributed by atoms with Crippen LogP contribution in [0, 0.1) is 17.7 Å². The van der Waals surface area contributed by atoms with Gasteiger partial charge in [-0.2, -0.15) is 13.2 Å². The van der Waals surface area contributed by atoms with E-state index in [2.05, 4.69) is 10.3 Å². The fourth-order valence-electron chi connectivity index (χ4n) is 4.96. The molecule has 192 valence electrons. The van der Waals surface area contributed by atoms with E-state index in [9.17, 15) is 35.6 Å². The number of alkyl halides is 3. The standard InChI is InChI=1S/C24H23F4N3O4S/c1-36(34,35)20-10-13(6-7-29-20)23(33)31-18-8-14(18)9-19(31)22(32)30-21(12-2-3-12)16-5-4-15(11-17(16)25)24(26,27)28/h4-7,10-12,14,18-19,21H,2-3,8-9H2,1H3,(H,30,32)/t14-,18-,19-,21-/m1/s1. The summed E-state index contributed by atoms with van der Waals surface area (Å²) < 4.78 is 77.3. The molecule has 7 nitrogen and oxygen atoms in total. The number of carbonyl (C=O) groups is 2. The summed E-state index contributed by atoms with van der Waals surface area (Å²) in [7, 11) is -3.65. The van der Waals surface area contributed by atoms with Crippen molar-refractivity contribution in [2.24, 2.45) is 11.8 Å². The third kappa shape index (κ3) is 4.70. The number of sulfone groups is 1. The van der Waals surface area contributed by atoms with Crippen LogP contribution in [0.4, 0.5) is 17.6 Å². The van der Waals surface area contributed by atoms with Crippen LogP contribution < -0.4 is 5.32 Å². The SMILES string of the molecule is CS(=O)(=O)c1cc(C(=O)N2[C@@H](C(=O)N[C@@H](c3ccc(C(F)(F)F)cc3F)C3CC3)C[C@H]3C[C@H]32)ccn1. The molecular weight excluding hydrogens is 502 g/mol. The number of fused-ring (bicyclic) bond motifs is 1. The molecular formula is C24H23F4N3O4S. The van der Waals surface area contributed by atoms with Crippen molar-refractivity contribution < 1.29 is 35.6 Å². The molecule has 0 radical (unpaired) electrons. The van der Waals surface area contributed by atoms with Gasteiger partial charge in [0.2, 0.25) is 5.91 Å². The molecule has 2 saturated carbocycles. The predicted octanol–water partition coefficient (Wildman–Crippen LogP) is 3.51. The summed E-state index contributed by atoms with van der Waals surface area (Å²) in [6.07, 6.45) is 0.0107. The molecule has 1 N–H and O–H groups in total. The molecule has 1 aromatic heterocycles. The van der Waals surface area contributed by atoms with Crippen molar-refractivity contribution in [1.29, 1.82) is 0 Å². The Morgan fingerprint density at radius 2 is 1.86 bits per heavy atom. The van der Waals surface area contributed by atoms with Gasteiger partial charge in [-0.25, -0.2) is 17.8 Å². The molecule has 2 aliphatic carbocycles. The molecule has 0 unspecified atom stereocenters. The van der Waals surface area contributed by atoms with E-state index in [0.29, 0.717) is 25.3 Å². The molecule has 1 saturated heterocycles. The highest BCUT2D eigenvalue weighted by atomic mass is 32.2. The lowest BCUT2D eigenvalue weighted by Gasteiger charge is -2.29. The maximum Gasteiger partial charge on any atom is 0.416 e. The van der Waals surface area contributed by atoms with Crippen LogP contribution in [-0.4, -0.2) is 48.5 Å². The van der Waals surface area contributed by atoms with Crippen molar-refractivity contribution in [2.75, 3.05) is 6.26 Å². The van der Waals surface area contributed by atoms with Gasteiger partial charge in [-0.05, 0) is 61.8 Å². The second-order valence-corrected chi connectivity index (χ2v) is 11.7. The van der Waals surface area contributed by atoms with Gasteiger partial charge in [0.05, 0.1) is 11.6 Å². The Morgan fingerprint density at radius 3 is 2.47 bits per heavy atom. The first-order valence-electron chi connectivity index (χ1n) is 11.5. The number of nitrogens with one attached hydrogen (secondary N) is 1. The third-order valence-electron chi connectivity index (χ3n) is 7.06. The van der Waals surface area contributed by atoms with E-state index >= 15 is 0 Å². The smallest absolute Gasteiger partial charge is 0.347 e. The molecule has 3 aliphatic rings. The zero-order valence-corrected chi connectivity index (χ0v) is 19.9. The number of aromatic nitrogens is 1. The van der Waals surface area contributed by atoms with Gasteiger partial charge in [-0.15, -0.1) is 0 Å². The predicted molar refractivity (Wildman–Crippen MR) is 119 cm³/mol. The van der Waals surface area contributed by atoms with Gasteiger partial charge in [0.1, 0.15) is 11.9 Å². The molecule has 1 aromatic carbocycles. The minimum atomic E-state index is -4.69. The Hall–Kier alpha value is -3.02. The number of hydrogen-bond donors (Lipinski definition) is 1. The number of piperidine rings is 1. The second-order valence-electron chi connectivity index (χ2n) is 9.74. The van der Waals surface area contributed by atoms with Gasteiger partial charge < -0.3 is 10.2 Å². The number of amides is 2. The van der Waals surface area contributed by atoms with Crippen LogP contribution >= 0.6 is 0 Å². The number of pyridine rings is 1. The largest absolute Gasteiger partial charge is 0.416 e. The molecule has 12 heteroatoms. The molecule has 2 heterocycles. The monoisotopic (exact) mass is 525 g/mol. The quantitative estimate of drug-likeness (QED) is 0.583. The van der Waals surface area contributed by atoms with E-state index in [0.717, 1.165) is 24.8 Å². The van der Waals surface area contributed by atoms with Gasteiger partial charge in [-0.1, -0.05) is 6.07 Å². The van der Waals surface area contributed by atoms with Gasteiger partial charge in [0.15, 0.2) is 14.9 Å². The van der Waals surface area contributed by atoms with Crippen molar-refractivity contribution in [1.82, 2.24) is 15.2 Å². The van der Waals surface area contributed by atoms with E-state index in [1.807, 2.05) is 0 Å². The van der Waals surface area contributed by atoms with Crippen molar-refractivity contribution >= 4 is 21.7 Å². The normalized spacial score (nSPS) is 24.2. The van der Waals surface area contributed by atoms with E-state index in [4.69, 9.17) is 0 Å². The lowest BCUT2D eigenvalue weighted by Crippen LogP contribution is -2.49. The first-order valence-corrected chi connectivity index (χ1v) is 13.4. The summed E-state index contributed by atoms with van der Waals surface area (Å²) in [6, 6.07) is 3.01. The van der Waals surface area contributed by atoms with Crippen LogP contribution in [0.25, 0.3) is 0 Å². The van der Waals surface area contributed by atoms with Gasteiger partial charge in [0.25, 0.3) is 5.91 Å². The Labute approximate surface area is 204 Å². The number of benzene rings is 1. The molecule has 0 spiro atoms. The van der Waals surface area contributed by atoms with E-state index < -0.39 is 51.3 Å². The van der Waals surface area contributed by atoms with E-state index in [-0.39, 0.29) is 34.0 Å². The summed E-state index contributed by atoms with van der Waals surface area (Å²) in [6.45, 7) is 0. The molecule has 2 amide bonds. The van der Waals surface area contributed by atoms with Crippen LogP contribution in [0.15, 0.2) is 41.6 Å². The van der Waals surface area contributed by atoms with Crippen LogP contribution in [0.1, 0.15) is 53.2 Å². The lowest BCUT2D eigenvalue weighted by atomic mass is 9.99. The zero-order valence-electron chi connectivity index (χ0n) is 19.1. The van der Waals surface area contributed by atoms with Gasteiger partial charge in [0, 0.05) is 29.6 Å². The first kappa shape index (κ1) is 24.7. The fraction of sp³-hybridized carbons (Fsp3) is 0.458. The van der Waals surface area contributed by atoms with E-state index in [1.54, 1.807) is 0 Å². The Kier molecular flexibility index (Phi) is 5.85. The molecule has 0 bridgehead atoms. The number of hydrogen-bond acceptors (Lipinski definition) is 5. The van der Waals surface area contributed by atoms with Crippen molar-refractivity contribution in [3.63, 3.8) is 0 Å². The minimum absolute atomic E-state index is 0.0215. The molecule has 2 aromatic rings. The highest BCUT2D eigenvalue weighted by Crippen LogP contribution is 2.49. The number of carbonyl (C=O) groups excluding carboxylic acids is 2. The molecule has 3 fully saturated rings. The van der Waals surface area contributed by atoms with Crippen molar-refractivity contribution in [3.8, 4) is 0 Å². The second kappa shape index (κ2) is 8.53. The average molecular weight is 526 g/mol. The average Bonchev–Trinajstić information content (AvgIpc) is 3.74. The van der Waals surface area contributed by atoms with Gasteiger partial charge >= 0.3 is 6.18 Å². The minimum Gasteiger partial charge on any atom is -0.347 e. The fourth-order valence-corrected chi connectivity index (χ4v) is 5.55. The van der Waals surface area contributed by atoms with Crippen LogP contribution in [0.2, 0.25) is 0 Å². The molecule has 5 rings (SSSR count). The molecule has 1 aliphatic heterocycles. The zero-order chi connectivity index (χ0) is 26.0. The number of rotatable bonds is 6. The number of nitrogens with zero attached hydrogens (tertiary/aromatic N) is 2. The maximum absolute atomic E-state index is 14.7. The summed E-state index contributed by atoms with van der Waals surface area (Å²) in [4.78, 5) is 31.9. The van der Waals surface area contributed by atoms with Crippen molar-refractivity contribution in [2.45, 2.75) is 55.0 Å². The van der Waals surface area contributed by atoms with Crippen LogP contribution in [-0.2, 0) is 20.8 Å². The van der Waals surface area contributed by atoms with Crippen LogP contribution in [0.3, 0.4) is 0 Å². The summed E-state index contributed by atoms with van der Waals surface area (Å²) >= 11 is 0. The first-order chi connectivity index (χ1) is 16.8. The molecule has 36 heavy (non-hydrogen) atoms. The summed E-state index contributed by atoms with van der Waals surface area (Å²) in [5.74, 6) is -2.05. The molecule has 4 atom stereocenters. The number of likely N-dealkylation sites (tertiary alicyclic amines) is 1. The summed E-state index contributed by atoms with van der Waals surface area (Å²) in [5, 5.41) is 2.53. The van der Waals surface area contributed by atoms with Crippen LogP contribution in [0.5, 0.6) is 0 Å². The Balaban J connectivity index is 1.38. The Bertz CT molecular complexity index is 1340. The highest BCUT2D eigenvalue weighted by molar-refractivity contribution is 7.90. The lowest BCUT2D eigenvalue weighted by molar-refractivity contribution is -0.137. The topological polar surface area (TPSA) is 96.4 Å². The Morgan fingerprint density at radius 1 is 1.14 bits per heavy atom. The third-order valence-corrected chi connectivity index (χ3v) is 8.04. The highest BCUT2D eigenvalue weighted by Gasteiger charge is 2.56. The number of halogens is 4. The van der Waals surface area contributed by atoms with E-state index in [1.165, 1.54) is 23.2 Å².